The smallest absolute Gasteiger partial charge is 0.290 e. The SMILES string of the molecule is O=C(NC1CCCC1)c1cc(C2CCN(C(=O)CC3CCCC3)CC2)no1. The molecule has 0 spiro atoms. The third kappa shape index (κ3) is 4.53. The highest BCUT2D eigenvalue weighted by Gasteiger charge is 2.29. The van der Waals surface area contributed by atoms with Crippen LogP contribution in [0.3, 0.4) is 0 Å². The largest absolute Gasteiger partial charge is 0.351 e. The Hall–Kier alpha value is -1.85. The Kier molecular flexibility index (Phi) is 5.79. The van der Waals surface area contributed by atoms with E-state index in [1.807, 2.05) is 4.90 Å². The summed E-state index contributed by atoms with van der Waals surface area (Å²) in [5, 5.41) is 7.19. The summed E-state index contributed by atoms with van der Waals surface area (Å²) in [4.78, 5) is 26.8. The molecule has 1 saturated heterocycles. The second-order valence-electron chi connectivity index (χ2n) is 8.58. The van der Waals surface area contributed by atoms with Crippen LogP contribution < -0.4 is 5.32 Å². The Labute approximate surface area is 161 Å². The lowest BCUT2D eigenvalue weighted by atomic mass is 9.92. The summed E-state index contributed by atoms with van der Waals surface area (Å²) in [6.45, 7) is 1.57. The van der Waals surface area contributed by atoms with Crippen LogP contribution in [0, 0.1) is 5.92 Å². The van der Waals surface area contributed by atoms with Gasteiger partial charge in [0.1, 0.15) is 0 Å². The van der Waals surface area contributed by atoms with Gasteiger partial charge in [-0.1, -0.05) is 30.8 Å². The van der Waals surface area contributed by atoms with E-state index in [4.69, 9.17) is 4.52 Å². The molecule has 3 aliphatic rings. The Morgan fingerprint density at radius 1 is 1.04 bits per heavy atom. The van der Waals surface area contributed by atoms with Crippen LogP contribution in [0.25, 0.3) is 0 Å². The molecule has 2 saturated carbocycles. The lowest BCUT2D eigenvalue weighted by molar-refractivity contribution is -0.133. The molecule has 148 valence electrons. The highest BCUT2D eigenvalue weighted by Crippen LogP contribution is 2.31. The van der Waals surface area contributed by atoms with Crippen molar-refractivity contribution in [3.8, 4) is 0 Å². The molecular formula is C21H31N3O3. The Morgan fingerprint density at radius 3 is 2.41 bits per heavy atom. The number of likely N-dealkylation sites (tertiary alicyclic amines) is 1. The fourth-order valence-electron chi connectivity index (χ4n) is 4.93. The van der Waals surface area contributed by atoms with Gasteiger partial charge in [0.05, 0.1) is 5.69 Å². The first-order chi connectivity index (χ1) is 13.2. The summed E-state index contributed by atoms with van der Waals surface area (Å²) in [6, 6.07) is 2.07. The first-order valence-electron chi connectivity index (χ1n) is 10.7. The van der Waals surface area contributed by atoms with Gasteiger partial charge >= 0.3 is 0 Å². The molecule has 0 bridgehead atoms. The number of nitrogens with zero attached hydrogens (tertiary/aromatic N) is 2. The van der Waals surface area contributed by atoms with Crippen LogP contribution in [0.1, 0.15) is 92.8 Å². The molecule has 1 N–H and O–H groups in total. The Balaban J connectivity index is 1.26. The summed E-state index contributed by atoms with van der Waals surface area (Å²) >= 11 is 0. The average molecular weight is 373 g/mol. The standard InChI is InChI=1S/C21H31N3O3/c25-20(13-15-5-1-2-6-15)24-11-9-16(10-12-24)18-14-19(27-23-18)21(26)22-17-7-3-4-8-17/h14-17H,1-13H2,(H,22,26). The maximum Gasteiger partial charge on any atom is 0.290 e. The number of rotatable bonds is 5. The predicted octanol–water partition coefficient (Wildman–Crippen LogP) is 3.63. The van der Waals surface area contributed by atoms with Crippen molar-refractivity contribution in [2.45, 2.75) is 82.6 Å². The van der Waals surface area contributed by atoms with Crippen LogP contribution in [-0.2, 0) is 4.79 Å². The van der Waals surface area contributed by atoms with Gasteiger partial charge in [0, 0.05) is 37.5 Å². The van der Waals surface area contributed by atoms with Crippen molar-refractivity contribution in [2.24, 2.45) is 5.92 Å². The summed E-state index contributed by atoms with van der Waals surface area (Å²) in [5.41, 5.74) is 0.856. The van der Waals surface area contributed by atoms with Gasteiger partial charge in [-0.2, -0.15) is 0 Å². The number of hydrogen-bond donors (Lipinski definition) is 1. The molecule has 2 heterocycles. The van der Waals surface area contributed by atoms with Gasteiger partial charge in [-0.15, -0.1) is 0 Å². The molecule has 0 atom stereocenters. The fraction of sp³-hybridized carbons (Fsp3) is 0.762. The van der Waals surface area contributed by atoms with E-state index >= 15 is 0 Å². The molecule has 0 aromatic carbocycles. The van der Waals surface area contributed by atoms with Crippen molar-refractivity contribution >= 4 is 11.8 Å². The van der Waals surface area contributed by atoms with Crippen molar-refractivity contribution in [1.82, 2.24) is 15.4 Å². The number of amides is 2. The lowest BCUT2D eigenvalue weighted by Gasteiger charge is -2.31. The molecule has 1 aromatic heterocycles. The van der Waals surface area contributed by atoms with Gasteiger partial charge in [-0.3, -0.25) is 9.59 Å². The molecule has 1 aromatic rings. The quantitative estimate of drug-likeness (QED) is 0.855. The van der Waals surface area contributed by atoms with E-state index in [9.17, 15) is 9.59 Å². The van der Waals surface area contributed by atoms with Crippen molar-refractivity contribution in [3.63, 3.8) is 0 Å². The molecule has 2 amide bonds. The molecule has 3 fully saturated rings. The summed E-state index contributed by atoms with van der Waals surface area (Å²) in [7, 11) is 0. The first kappa shape index (κ1) is 18.5. The second kappa shape index (κ2) is 8.44. The molecule has 6 heteroatoms. The van der Waals surface area contributed by atoms with Crippen LogP contribution >= 0.6 is 0 Å². The second-order valence-corrected chi connectivity index (χ2v) is 8.58. The maximum absolute atomic E-state index is 12.5. The number of nitrogens with one attached hydrogen (secondary N) is 1. The van der Waals surface area contributed by atoms with E-state index in [0.717, 1.165) is 50.9 Å². The van der Waals surface area contributed by atoms with Crippen LogP contribution in [0.15, 0.2) is 10.6 Å². The average Bonchev–Trinajstić information content (AvgIpc) is 3.44. The molecular weight excluding hydrogens is 342 g/mol. The van der Waals surface area contributed by atoms with Gasteiger partial charge in [0.2, 0.25) is 11.7 Å². The summed E-state index contributed by atoms with van der Waals surface area (Å²) in [5.74, 6) is 1.36. The molecule has 2 aliphatic carbocycles. The number of piperidine rings is 1. The third-order valence-electron chi connectivity index (χ3n) is 6.65. The van der Waals surface area contributed by atoms with E-state index < -0.39 is 0 Å². The Bertz CT molecular complexity index is 651. The Morgan fingerprint density at radius 2 is 1.70 bits per heavy atom. The zero-order chi connectivity index (χ0) is 18.6. The fourth-order valence-corrected chi connectivity index (χ4v) is 4.93. The van der Waals surface area contributed by atoms with Gasteiger partial charge in [-0.05, 0) is 44.4 Å². The van der Waals surface area contributed by atoms with Gasteiger partial charge in [-0.25, -0.2) is 0 Å². The zero-order valence-corrected chi connectivity index (χ0v) is 16.1. The third-order valence-corrected chi connectivity index (χ3v) is 6.65. The van der Waals surface area contributed by atoms with Crippen molar-refractivity contribution in [2.75, 3.05) is 13.1 Å². The van der Waals surface area contributed by atoms with Crippen molar-refractivity contribution in [1.29, 1.82) is 0 Å². The number of carbonyl (C=O) groups excluding carboxylic acids is 2. The van der Waals surface area contributed by atoms with E-state index in [-0.39, 0.29) is 17.9 Å². The van der Waals surface area contributed by atoms with Crippen molar-refractivity contribution < 1.29 is 14.1 Å². The van der Waals surface area contributed by atoms with Gasteiger partial charge in [0.15, 0.2) is 0 Å². The minimum absolute atomic E-state index is 0.148. The minimum atomic E-state index is -0.148. The monoisotopic (exact) mass is 373 g/mol. The molecule has 6 nitrogen and oxygen atoms in total. The number of aromatic nitrogens is 1. The molecule has 1 aliphatic heterocycles. The van der Waals surface area contributed by atoms with E-state index in [2.05, 4.69) is 10.5 Å². The maximum atomic E-state index is 12.5. The minimum Gasteiger partial charge on any atom is -0.351 e. The summed E-state index contributed by atoms with van der Waals surface area (Å²) in [6.07, 6.45) is 12.0. The first-order valence-corrected chi connectivity index (χ1v) is 10.7. The van der Waals surface area contributed by atoms with Crippen LogP contribution in [0.2, 0.25) is 0 Å². The van der Waals surface area contributed by atoms with Crippen LogP contribution in [0.4, 0.5) is 0 Å². The molecule has 0 unspecified atom stereocenters. The van der Waals surface area contributed by atoms with Gasteiger partial charge in [0.25, 0.3) is 5.91 Å². The van der Waals surface area contributed by atoms with E-state index in [0.29, 0.717) is 17.6 Å². The van der Waals surface area contributed by atoms with E-state index in [1.165, 1.54) is 38.5 Å². The highest BCUT2D eigenvalue weighted by molar-refractivity contribution is 5.91. The summed E-state index contributed by atoms with van der Waals surface area (Å²) < 4.78 is 5.31. The lowest BCUT2D eigenvalue weighted by Crippen LogP contribution is -2.38. The molecule has 0 radical (unpaired) electrons. The molecule has 27 heavy (non-hydrogen) atoms. The van der Waals surface area contributed by atoms with Crippen LogP contribution in [0.5, 0.6) is 0 Å². The van der Waals surface area contributed by atoms with Crippen LogP contribution in [-0.4, -0.2) is 41.0 Å². The van der Waals surface area contributed by atoms with Crippen molar-refractivity contribution in [3.05, 3.63) is 17.5 Å². The normalized spacial score (nSPS) is 22.4. The van der Waals surface area contributed by atoms with Gasteiger partial charge < -0.3 is 14.7 Å². The molecule has 4 rings (SSSR count). The topological polar surface area (TPSA) is 75.4 Å². The highest BCUT2D eigenvalue weighted by atomic mass is 16.5. The number of carbonyl (C=O) groups is 2. The number of hydrogen-bond acceptors (Lipinski definition) is 4. The predicted molar refractivity (Wildman–Crippen MR) is 101 cm³/mol. The zero-order valence-electron chi connectivity index (χ0n) is 16.1. The van der Waals surface area contributed by atoms with E-state index in [1.54, 1.807) is 6.07 Å².